The molecule has 4 amide bonds. The maximum atomic E-state index is 14.0. The number of Topliss-reactive ketones (excluding diaryl/α,β-unsaturated/α-hetero) is 1. The molecule has 0 saturated carbocycles. The summed E-state index contributed by atoms with van der Waals surface area (Å²) in [5.41, 5.74) is 0.0950. The maximum Gasteiger partial charge on any atom is 0.408 e. The molecule has 1 fully saturated rings. The van der Waals surface area contributed by atoms with E-state index in [1.807, 2.05) is 74.5 Å². The van der Waals surface area contributed by atoms with E-state index in [4.69, 9.17) is 9.47 Å². The van der Waals surface area contributed by atoms with E-state index >= 15 is 0 Å². The summed E-state index contributed by atoms with van der Waals surface area (Å²) in [6.07, 6.45) is 1.61. The average molecular weight is 707 g/mol. The van der Waals surface area contributed by atoms with Crippen molar-refractivity contribution in [3.63, 3.8) is 0 Å². The first kappa shape index (κ1) is 41.2. The zero-order valence-electron chi connectivity index (χ0n) is 31.5. The van der Waals surface area contributed by atoms with Crippen molar-refractivity contribution in [2.45, 2.75) is 129 Å². The Labute approximate surface area is 303 Å². The van der Waals surface area contributed by atoms with E-state index in [1.54, 1.807) is 27.7 Å². The summed E-state index contributed by atoms with van der Waals surface area (Å²) in [5, 5.41) is 11.4. The normalized spacial score (nSPS) is 17.8. The van der Waals surface area contributed by atoms with Crippen LogP contribution in [0.1, 0.15) is 92.2 Å². The molecule has 1 unspecified atom stereocenters. The summed E-state index contributed by atoms with van der Waals surface area (Å²) in [4.78, 5) is 68.0. The number of ketones is 1. The summed E-state index contributed by atoms with van der Waals surface area (Å²) in [6, 6.07) is 15.0. The summed E-state index contributed by atoms with van der Waals surface area (Å²) in [7, 11) is 0. The fourth-order valence-corrected chi connectivity index (χ4v) is 5.64. The molecule has 51 heavy (non-hydrogen) atoms. The molecule has 11 heteroatoms. The van der Waals surface area contributed by atoms with E-state index in [1.165, 1.54) is 0 Å². The van der Waals surface area contributed by atoms with Crippen LogP contribution in [-0.4, -0.2) is 71.6 Å². The number of hydrogen-bond acceptors (Lipinski definition) is 7. The van der Waals surface area contributed by atoms with Gasteiger partial charge < -0.3 is 30.7 Å². The van der Waals surface area contributed by atoms with Crippen LogP contribution in [0.25, 0.3) is 0 Å². The van der Waals surface area contributed by atoms with Crippen LogP contribution in [0.4, 0.5) is 4.79 Å². The van der Waals surface area contributed by atoms with Crippen molar-refractivity contribution < 1.29 is 33.4 Å². The van der Waals surface area contributed by atoms with Crippen molar-refractivity contribution in [1.82, 2.24) is 21.3 Å². The highest BCUT2D eigenvalue weighted by atomic mass is 16.6. The Bertz CT molecular complexity index is 1450. The monoisotopic (exact) mass is 706 g/mol. The van der Waals surface area contributed by atoms with Crippen LogP contribution in [0.5, 0.6) is 0 Å². The lowest BCUT2D eigenvalue weighted by Gasteiger charge is -2.28. The topological polar surface area (TPSA) is 155 Å². The number of benzene rings is 2. The molecular weight excluding hydrogens is 648 g/mol. The van der Waals surface area contributed by atoms with Gasteiger partial charge in [-0.25, -0.2) is 4.79 Å². The fraction of sp³-hybridized carbons (Fsp3) is 0.575. The van der Waals surface area contributed by atoms with Gasteiger partial charge in [0, 0.05) is 6.42 Å². The molecule has 280 valence electrons. The lowest BCUT2D eigenvalue weighted by atomic mass is 9.93. The number of nitrogens with one attached hydrogen (secondary N) is 4. The minimum Gasteiger partial charge on any atom is -0.444 e. The van der Waals surface area contributed by atoms with Crippen LogP contribution in [0.2, 0.25) is 0 Å². The molecule has 2 aromatic carbocycles. The van der Waals surface area contributed by atoms with Gasteiger partial charge in [0.1, 0.15) is 29.3 Å². The Balaban J connectivity index is 1.83. The fourth-order valence-electron chi connectivity index (χ4n) is 5.64. The first-order valence-corrected chi connectivity index (χ1v) is 18.1. The predicted octanol–water partition coefficient (Wildman–Crippen LogP) is 5.05. The molecule has 3 rings (SSSR count). The van der Waals surface area contributed by atoms with E-state index < -0.39 is 59.2 Å². The Kier molecular flexibility index (Phi) is 15.2. The number of carbonyl (C=O) groups excluding carboxylic acids is 5. The second kappa shape index (κ2) is 18.8. The van der Waals surface area contributed by atoms with Crippen LogP contribution in [-0.2, 0) is 41.5 Å². The molecule has 1 heterocycles. The van der Waals surface area contributed by atoms with Crippen molar-refractivity contribution in [3.8, 4) is 0 Å². The molecule has 11 nitrogen and oxygen atoms in total. The molecule has 1 saturated heterocycles. The van der Waals surface area contributed by atoms with Crippen molar-refractivity contribution in [2.75, 3.05) is 6.61 Å². The van der Waals surface area contributed by atoms with Gasteiger partial charge in [-0.1, -0.05) is 88.4 Å². The zero-order chi connectivity index (χ0) is 37.8. The smallest absolute Gasteiger partial charge is 0.408 e. The highest BCUT2D eigenvalue weighted by Gasteiger charge is 2.50. The molecule has 4 N–H and O–H groups in total. The van der Waals surface area contributed by atoms with E-state index in [0.717, 1.165) is 11.1 Å². The number of ether oxygens (including phenoxy) is 2. The third-order valence-electron chi connectivity index (χ3n) is 8.59. The second-order valence-electron chi connectivity index (χ2n) is 15.6. The van der Waals surface area contributed by atoms with Crippen molar-refractivity contribution in [1.29, 1.82) is 0 Å². The highest BCUT2D eigenvalue weighted by Crippen LogP contribution is 2.29. The molecule has 0 aromatic heterocycles. The lowest BCUT2D eigenvalue weighted by Crippen LogP contribution is -2.59. The van der Waals surface area contributed by atoms with Gasteiger partial charge in [-0.05, 0) is 82.8 Å². The van der Waals surface area contributed by atoms with Crippen LogP contribution in [0.3, 0.4) is 0 Å². The third kappa shape index (κ3) is 14.5. The number of alkyl carbamates (subject to hydrolysis) is 1. The minimum absolute atomic E-state index is 0.00125. The summed E-state index contributed by atoms with van der Waals surface area (Å²) in [6.45, 7) is 15.2. The standard InChI is InChI=1S/C40H58N4O7/c1-26(2)19-21-30(34(45)40(8)25-50-40)41-37(48)33(24-29-17-13-10-14-18-29)43-36(47)32(23-27(3)4)42-35(46)31(44-38(49)51-39(5,6)7)22-20-28-15-11-9-12-16-28/h9-18,26-27,30-33H,19-25H2,1-8H3,(H,41,48)(H,42,46)(H,43,47)(H,44,49)/t30-,31-,32?,33-,40-/m0/s1. The van der Waals surface area contributed by atoms with E-state index in [2.05, 4.69) is 35.1 Å². The minimum atomic E-state index is -1.04. The quantitative estimate of drug-likeness (QED) is 0.149. The first-order valence-electron chi connectivity index (χ1n) is 18.1. The highest BCUT2D eigenvalue weighted by molar-refractivity contribution is 5.98. The van der Waals surface area contributed by atoms with Gasteiger partial charge in [0.2, 0.25) is 17.7 Å². The van der Waals surface area contributed by atoms with Gasteiger partial charge in [0.25, 0.3) is 0 Å². The number of amides is 4. The number of hydrogen-bond donors (Lipinski definition) is 4. The Morgan fingerprint density at radius 2 is 1.20 bits per heavy atom. The Morgan fingerprint density at radius 3 is 1.73 bits per heavy atom. The first-order chi connectivity index (χ1) is 24.0. The van der Waals surface area contributed by atoms with Crippen molar-refractivity contribution in [3.05, 3.63) is 71.8 Å². The van der Waals surface area contributed by atoms with Gasteiger partial charge in [-0.3, -0.25) is 19.2 Å². The van der Waals surface area contributed by atoms with E-state index in [-0.39, 0.29) is 31.0 Å². The van der Waals surface area contributed by atoms with E-state index in [9.17, 15) is 24.0 Å². The molecule has 1 aliphatic rings. The Morgan fingerprint density at radius 1 is 0.686 bits per heavy atom. The predicted molar refractivity (Wildman–Crippen MR) is 197 cm³/mol. The lowest BCUT2D eigenvalue weighted by molar-refractivity contribution is -0.134. The zero-order valence-corrected chi connectivity index (χ0v) is 31.5. The molecule has 1 aliphatic heterocycles. The van der Waals surface area contributed by atoms with Crippen LogP contribution >= 0.6 is 0 Å². The summed E-state index contributed by atoms with van der Waals surface area (Å²) in [5.74, 6) is -1.47. The van der Waals surface area contributed by atoms with Crippen LogP contribution in [0, 0.1) is 11.8 Å². The summed E-state index contributed by atoms with van der Waals surface area (Å²) < 4.78 is 10.9. The van der Waals surface area contributed by atoms with Crippen LogP contribution < -0.4 is 21.3 Å². The number of carbonyl (C=O) groups is 5. The molecule has 2 aromatic rings. The van der Waals surface area contributed by atoms with Crippen molar-refractivity contribution in [2.24, 2.45) is 11.8 Å². The van der Waals surface area contributed by atoms with E-state index in [0.29, 0.717) is 31.8 Å². The molecule has 0 aliphatic carbocycles. The number of aryl methyl sites for hydroxylation is 1. The molecule has 0 radical (unpaired) electrons. The molecule has 0 spiro atoms. The van der Waals surface area contributed by atoms with Crippen LogP contribution in [0.15, 0.2) is 60.7 Å². The number of rotatable bonds is 19. The molecule has 5 atom stereocenters. The van der Waals surface area contributed by atoms with Gasteiger partial charge in [0.15, 0.2) is 5.78 Å². The second-order valence-corrected chi connectivity index (χ2v) is 15.6. The maximum absolute atomic E-state index is 14.0. The number of epoxide rings is 1. The van der Waals surface area contributed by atoms with Gasteiger partial charge in [0.05, 0.1) is 12.6 Å². The van der Waals surface area contributed by atoms with Gasteiger partial charge in [-0.15, -0.1) is 0 Å². The largest absolute Gasteiger partial charge is 0.444 e. The average Bonchev–Trinajstić information content (AvgIpc) is 3.81. The summed E-state index contributed by atoms with van der Waals surface area (Å²) >= 11 is 0. The van der Waals surface area contributed by atoms with Crippen molar-refractivity contribution >= 4 is 29.6 Å². The molecule has 0 bridgehead atoms. The van der Waals surface area contributed by atoms with Gasteiger partial charge >= 0.3 is 6.09 Å². The Hall–Kier alpha value is -4.25. The molecular formula is C40H58N4O7. The van der Waals surface area contributed by atoms with Gasteiger partial charge in [-0.2, -0.15) is 0 Å². The SMILES string of the molecule is CC(C)CC[C@H](NC(=O)[C@H](Cc1ccccc1)NC(=O)C(CC(C)C)NC(=O)[C@H](CCc1ccccc1)NC(=O)OC(C)(C)C)C(=O)[C@]1(C)CO1. The third-order valence-corrected chi connectivity index (χ3v) is 8.59.